The molecular weight excluding hydrogens is 511 g/mol. The van der Waals surface area contributed by atoms with E-state index in [1.807, 2.05) is 12.1 Å². The number of nitriles is 1. The number of nitrogens with one attached hydrogen (secondary N) is 1. The first-order valence-corrected chi connectivity index (χ1v) is 14.8. The van der Waals surface area contributed by atoms with Gasteiger partial charge in [0.2, 0.25) is 0 Å². The van der Waals surface area contributed by atoms with Crippen LogP contribution in [0.1, 0.15) is 38.5 Å². The van der Waals surface area contributed by atoms with E-state index >= 15 is 0 Å². The number of rotatable bonds is 6. The number of pyridine rings is 2. The van der Waals surface area contributed by atoms with Gasteiger partial charge in [0.05, 0.1) is 12.5 Å². The second-order valence-electron chi connectivity index (χ2n) is 12.4. The summed E-state index contributed by atoms with van der Waals surface area (Å²) in [6.45, 7) is 15.9. The summed E-state index contributed by atoms with van der Waals surface area (Å²) < 4.78 is 7.97. The zero-order valence-corrected chi connectivity index (χ0v) is 24.6. The summed E-state index contributed by atoms with van der Waals surface area (Å²) in [4.78, 5) is 19.4. The lowest BCUT2D eigenvalue weighted by atomic mass is 9.82. The van der Waals surface area contributed by atoms with Crippen LogP contribution >= 0.6 is 0 Å². The van der Waals surface area contributed by atoms with E-state index in [0.717, 1.165) is 81.4 Å². The summed E-state index contributed by atoms with van der Waals surface area (Å²) in [6, 6.07) is 15.0. The summed E-state index contributed by atoms with van der Waals surface area (Å²) in [7, 11) is -0.524. The van der Waals surface area contributed by atoms with E-state index in [1.165, 1.54) is 5.56 Å². The number of fused-ring (bicyclic) bond motifs is 2. The number of aromatic nitrogens is 2. The normalized spacial score (nSPS) is 25.7. The quantitative estimate of drug-likeness (QED) is 0.447. The van der Waals surface area contributed by atoms with Crippen molar-refractivity contribution >= 4 is 29.5 Å². The highest BCUT2D eigenvalue weighted by Crippen LogP contribution is 2.32. The topological polar surface area (TPSA) is 94.8 Å². The van der Waals surface area contributed by atoms with Crippen molar-refractivity contribution in [3.63, 3.8) is 0 Å². The molecule has 3 aliphatic heterocycles. The first-order chi connectivity index (χ1) is 20.1. The van der Waals surface area contributed by atoms with E-state index in [0.29, 0.717) is 23.2 Å². The Bertz CT molecular complexity index is 1510. The van der Waals surface area contributed by atoms with Crippen LogP contribution in [0.25, 0.3) is 10.9 Å². The molecule has 3 saturated heterocycles. The van der Waals surface area contributed by atoms with Gasteiger partial charge in [-0.05, 0) is 69.9 Å². The lowest BCUT2D eigenvalue weighted by molar-refractivity contribution is 0.0316. The van der Waals surface area contributed by atoms with Crippen molar-refractivity contribution in [2.24, 2.45) is 0 Å². The largest absolute Gasteiger partial charge is 0.437 e. The third-order valence-corrected chi connectivity index (χ3v) is 9.18. The van der Waals surface area contributed by atoms with Gasteiger partial charge >= 0.3 is 7.05 Å². The number of hydrogen-bond acceptors (Lipinski definition) is 9. The zero-order chi connectivity index (χ0) is 29.6. The molecule has 3 fully saturated rings. The molecule has 2 aromatic heterocycles. The molecule has 1 aromatic carbocycles. The van der Waals surface area contributed by atoms with Crippen LogP contribution < -0.4 is 15.0 Å². The fraction of sp³-hybridized carbons (Fsp3) is 0.516. The van der Waals surface area contributed by atoms with Crippen LogP contribution in [0.15, 0.2) is 42.6 Å². The molecule has 0 radical (unpaired) electrons. The van der Waals surface area contributed by atoms with Crippen molar-refractivity contribution in [3.05, 3.63) is 59.4 Å². The molecule has 10 heteroatoms. The van der Waals surface area contributed by atoms with Crippen molar-refractivity contribution in [2.45, 2.75) is 58.2 Å². The Labute approximate surface area is 245 Å². The van der Waals surface area contributed by atoms with Crippen molar-refractivity contribution in [1.29, 1.82) is 5.26 Å². The predicted molar refractivity (Wildman–Crippen MR) is 165 cm³/mol. The maximum absolute atomic E-state index is 9.83. The average Bonchev–Trinajstić information content (AvgIpc) is 3.33. The minimum Gasteiger partial charge on any atom is -0.437 e. The number of anilines is 2. The van der Waals surface area contributed by atoms with Gasteiger partial charge < -0.3 is 20.1 Å². The van der Waals surface area contributed by atoms with Crippen LogP contribution in [0.4, 0.5) is 11.5 Å². The SMILES string of the molecule is [2H]c1ccc2c(N3C[C@@H]4CN(Cc5ccc(N6CC[C@@](C)(NB(C)O)C6)nc5C)CCN4[C@H](C)C3)ccc(C#N)c2n1. The number of nitrogens with zero attached hydrogens (tertiary/aromatic N) is 7. The lowest BCUT2D eigenvalue weighted by Gasteiger charge is -2.51. The minimum atomic E-state index is -0.524. The predicted octanol–water partition coefficient (Wildman–Crippen LogP) is 2.87. The van der Waals surface area contributed by atoms with Gasteiger partial charge in [-0.2, -0.15) is 5.26 Å². The van der Waals surface area contributed by atoms with Crippen molar-refractivity contribution < 1.29 is 6.39 Å². The molecule has 6 rings (SSSR count). The van der Waals surface area contributed by atoms with Crippen LogP contribution in [0.3, 0.4) is 0 Å². The summed E-state index contributed by atoms with van der Waals surface area (Å²) in [6.07, 6.45) is 1.16. The fourth-order valence-corrected chi connectivity index (χ4v) is 7.18. The molecule has 3 aromatic rings. The summed E-state index contributed by atoms with van der Waals surface area (Å²) >= 11 is 0. The summed E-state index contributed by atoms with van der Waals surface area (Å²) in [5, 5.41) is 23.7. The van der Waals surface area contributed by atoms with Gasteiger partial charge in [0.15, 0.2) is 0 Å². The van der Waals surface area contributed by atoms with Gasteiger partial charge in [0, 0.05) is 92.9 Å². The van der Waals surface area contributed by atoms with Crippen LogP contribution in [0.5, 0.6) is 0 Å². The molecule has 0 unspecified atom stereocenters. The van der Waals surface area contributed by atoms with Crippen LogP contribution in [0.2, 0.25) is 6.82 Å². The smallest absolute Gasteiger partial charge is 0.374 e. The van der Waals surface area contributed by atoms with Crippen molar-refractivity contribution in [1.82, 2.24) is 25.0 Å². The summed E-state index contributed by atoms with van der Waals surface area (Å²) in [5.41, 5.74) is 4.47. The Balaban J connectivity index is 1.15. The zero-order valence-electron chi connectivity index (χ0n) is 25.6. The molecule has 3 aliphatic rings. The molecular formula is C31H41BN8O. The standard InChI is InChI=1S/C31H41BN8O/c1-22-17-39(28-9-7-24(16-33)30-27(28)6-5-12-34-30)20-26-19-37(14-15-40(22)26)18-25-8-10-29(35-23(25)2)38-13-11-31(3,21-38)36-32(4)41/h5-10,12,22,26,36,41H,11,13-15,17-21H2,1-4H3/t22-,26+,31-/m1/s1/i12D. The van der Waals surface area contributed by atoms with Gasteiger partial charge in [0.1, 0.15) is 11.9 Å². The molecule has 5 heterocycles. The van der Waals surface area contributed by atoms with Gasteiger partial charge in [-0.25, -0.2) is 4.98 Å². The van der Waals surface area contributed by atoms with E-state index in [4.69, 9.17) is 6.35 Å². The highest BCUT2D eigenvalue weighted by Gasteiger charge is 2.38. The van der Waals surface area contributed by atoms with E-state index in [9.17, 15) is 10.3 Å². The molecule has 0 aliphatic carbocycles. The van der Waals surface area contributed by atoms with Gasteiger partial charge in [-0.1, -0.05) is 6.07 Å². The second-order valence-corrected chi connectivity index (χ2v) is 12.4. The molecule has 0 spiro atoms. The molecule has 214 valence electrons. The molecule has 0 amide bonds. The second kappa shape index (κ2) is 11.2. The fourth-order valence-electron chi connectivity index (χ4n) is 7.18. The maximum Gasteiger partial charge on any atom is 0.374 e. The number of hydrogen-bond donors (Lipinski definition) is 2. The number of aryl methyl sites for hydroxylation is 1. The van der Waals surface area contributed by atoms with Crippen molar-refractivity contribution in [3.8, 4) is 6.07 Å². The molecule has 0 saturated carbocycles. The molecule has 9 nitrogen and oxygen atoms in total. The van der Waals surface area contributed by atoms with Crippen molar-refractivity contribution in [2.75, 3.05) is 55.6 Å². The number of benzene rings is 1. The summed E-state index contributed by atoms with van der Waals surface area (Å²) in [5.74, 6) is 1.01. The third kappa shape index (κ3) is 5.64. The van der Waals surface area contributed by atoms with Crippen LogP contribution in [-0.4, -0.2) is 95.3 Å². The average molecular weight is 554 g/mol. The van der Waals surface area contributed by atoms with Gasteiger partial charge in [-0.15, -0.1) is 0 Å². The highest BCUT2D eigenvalue weighted by molar-refractivity contribution is 6.45. The molecule has 41 heavy (non-hydrogen) atoms. The minimum absolute atomic E-state index is 0.113. The number of piperazine rings is 2. The molecule has 0 bridgehead atoms. The van der Waals surface area contributed by atoms with Gasteiger partial charge in [0.25, 0.3) is 0 Å². The molecule has 2 N–H and O–H groups in total. The van der Waals surface area contributed by atoms with Gasteiger partial charge in [-0.3, -0.25) is 14.8 Å². The Kier molecular flexibility index (Phi) is 7.29. The van der Waals surface area contributed by atoms with E-state index in [-0.39, 0.29) is 11.7 Å². The Morgan fingerprint density at radius 1 is 1.17 bits per heavy atom. The Hall–Kier alpha value is -3.23. The molecule has 3 atom stereocenters. The van der Waals surface area contributed by atoms with E-state index in [2.05, 4.69) is 74.9 Å². The van der Waals surface area contributed by atoms with E-state index < -0.39 is 7.05 Å². The lowest BCUT2D eigenvalue weighted by Crippen LogP contribution is -2.65. The maximum atomic E-state index is 9.83. The first-order valence-electron chi connectivity index (χ1n) is 15.3. The Morgan fingerprint density at radius 2 is 2.02 bits per heavy atom. The third-order valence-electron chi connectivity index (χ3n) is 9.18. The highest BCUT2D eigenvalue weighted by atomic mass is 16.2. The van der Waals surface area contributed by atoms with Crippen LogP contribution in [-0.2, 0) is 6.54 Å². The monoisotopic (exact) mass is 553 g/mol. The van der Waals surface area contributed by atoms with E-state index in [1.54, 1.807) is 12.9 Å². The first kappa shape index (κ1) is 26.7. The van der Waals surface area contributed by atoms with Crippen LogP contribution in [0, 0.1) is 18.3 Å². The Morgan fingerprint density at radius 3 is 2.80 bits per heavy atom.